The molecular weight excluding hydrogens is 313 g/mol. The number of amides is 1. The zero-order valence-electron chi connectivity index (χ0n) is 10.9. The quantitative estimate of drug-likeness (QED) is 0.937. The number of carbonyl (C=O) groups is 1. The van der Waals surface area contributed by atoms with E-state index in [-0.39, 0.29) is 18.3 Å². The van der Waals surface area contributed by atoms with Gasteiger partial charge in [0.05, 0.1) is 15.6 Å². The van der Waals surface area contributed by atoms with Crippen molar-refractivity contribution in [1.29, 1.82) is 0 Å². The molecule has 4 nitrogen and oxygen atoms in total. The molecule has 0 aromatic heterocycles. The molecule has 2 aromatic carbocycles. The number of hydrogen-bond acceptors (Lipinski definition) is 3. The number of hydrogen-bond donors (Lipinski definition) is 1. The number of benzene rings is 2. The van der Waals surface area contributed by atoms with Crippen molar-refractivity contribution < 1.29 is 14.3 Å². The van der Waals surface area contributed by atoms with Crippen LogP contribution in [0.3, 0.4) is 0 Å². The Morgan fingerprint density at radius 2 is 1.81 bits per heavy atom. The van der Waals surface area contributed by atoms with Gasteiger partial charge in [0.15, 0.2) is 11.5 Å². The Hall–Kier alpha value is -1.91. The first-order valence-corrected chi connectivity index (χ1v) is 7.02. The standard InChI is InChI=1S/C15H11Cl2NO3/c16-10-4-2-5-11(17)13(10)15(19)18-7-9-3-1-6-12-14(9)21-8-20-12/h1-6H,7-8H2,(H,18,19). The fraction of sp³-hybridized carbons (Fsp3) is 0.133. The number of nitrogens with one attached hydrogen (secondary N) is 1. The van der Waals surface area contributed by atoms with Crippen LogP contribution >= 0.6 is 23.2 Å². The molecule has 0 fully saturated rings. The smallest absolute Gasteiger partial charge is 0.254 e. The van der Waals surface area contributed by atoms with E-state index in [0.717, 1.165) is 5.56 Å². The Balaban J connectivity index is 1.77. The third-order valence-electron chi connectivity index (χ3n) is 3.11. The predicted molar refractivity (Wildman–Crippen MR) is 80.2 cm³/mol. The molecular formula is C15H11Cl2NO3. The van der Waals surface area contributed by atoms with Crippen molar-refractivity contribution in [2.75, 3.05) is 6.79 Å². The van der Waals surface area contributed by atoms with Gasteiger partial charge in [-0.3, -0.25) is 4.79 Å². The minimum absolute atomic E-state index is 0.191. The van der Waals surface area contributed by atoms with Crippen LogP contribution in [0.5, 0.6) is 11.5 Å². The molecule has 0 saturated heterocycles. The Kier molecular flexibility index (Phi) is 3.90. The van der Waals surface area contributed by atoms with E-state index in [1.807, 2.05) is 18.2 Å². The van der Waals surface area contributed by atoms with Gasteiger partial charge in [-0.25, -0.2) is 0 Å². The van der Waals surface area contributed by atoms with Gasteiger partial charge >= 0.3 is 0 Å². The highest BCUT2D eigenvalue weighted by molar-refractivity contribution is 6.39. The van der Waals surface area contributed by atoms with Gasteiger partial charge in [0, 0.05) is 12.1 Å². The lowest BCUT2D eigenvalue weighted by Gasteiger charge is -2.10. The lowest BCUT2D eigenvalue weighted by atomic mass is 10.1. The number of halogens is 2. The molecule has 21 heavy (non-hydrogen) atoms. The highest BCUT2D eigenvalue weighted by atomic mass is 35.5. The molecule has 0 unspecified atom stereocenters. The van der Waals surface area contributed by atoms with Crippen molar-refractivity contribution in [3.05, 3.63) is 57.6 Å². The van der Waals surface area contributed by atoms with Crippen LogP contribution in [0, 0.1) is 0 Å². The molecule has 0 radical (unpaired) electrons. The summed E-state index contributed by atoms with van der Waals surface area (Å²) in [6, 6.07) is 10.5. The van der Waals surface area contributed by atoms with Crippen LogP contribution in [0.2, 0.25) is 10.0 Å². The maximum atomic E-state index is 12.2. The molecule has 1 N–H and O–H groups in total. The summed E-state index contributed by atoms with van der Waals surface area (Å²) in [5.41, 5.74) is 1.10. The molecule has 1 aliphatic rings. The van der Waals surface area contributed by atoms with E-state index < -0.39 is 0 Å². The van der Waals surface area contributed by atoms with Gasteiger partial charge in [-0.1, -0.05) is 41.4 Å². The van der Waals surface area contributed by atoms with Crippen LogP contribution in [0.4, 0.5) is 0 Å². The molecule has 0 bridgehead atoms. The van der Waals surface area contributed by atoms with Crippen LogP contribution in [-0.2, 0) is 6.54 Å². The van der Waals surface area contributed by atoms with E-state index in [9.17, 15) is 4.79 Å². The molecule has 2 aromatic rings. The van der Waals surface area contributed by atoms with Gasteiger partial charge in [-0.2, -0.15) is 0 Å². The summed E-state index contributed by atoms with van der Waals surface area (Å²) < 4.78 is 10.7. The lowest BCUT2D eigenvalue weighted by Crippen LogP contribution is -2.23. The Bertz CT molecular complexity index is 683. The first kappa shape index (κ1) is 14.0. The first-order valence-electron chi connectivity index (χ1n) is 6.26. The maximum absolute atomic E-state index is 12.2. The zero-order chi connectivity index (χ0) is 14.8. The third-order valence-corrected chi connectivity index (χ3v) is 3.74. The average Bonchev–Trinajstić information content (AvgIpc) is 2.93. The summed E-state index contributed by atoms with van der Waals surface area (Å²) in [5, 5.41) is 3.42. The normalized spacial score (nSPS) is 12.3. The Labute approximate surface area is 131 Å². The number of para-hydroxylation sites is 1. The molecule has 1 amide bonds. The fourth-order valence-corrected chi connectivity index (χ4v) is 2.68. The van der Waals surface area contributed by atoms with Gasteiger partial charge in [0.2, 0.25) is 6.79 Å². The SMILES string of the molecule is O=C(NCc1cccc2c1OCO2)c1c(Cl)cccc1Cl. The molecule has 6 heteroatoms. The maximum Gasteiger partial charge on any atom is 0.254 e. The minimum atomic E-state index is -0.331. The monoisotopic (exact) mass is 323 g/mol. The fourth-order valence-electron chi connectivity index (χ4n) is 2.11. The van der Waals surface area contributed by atoms with Gasteiger partial charge < -0.3 is 14.8 Å². The van der Waals surface area contributed by atoms with Crippen molar-refractivity contribution in [3.8, 4) is 11.5 Å². The van der Waals surface area contributed by atoms with E-state index in [1.165, 1.54) is 0 Å². The average molecular weight is 324 g/mol. The van der Waals surface area contributed by atoms with E-state index in [1.54, 1.807) is 18.2 Å². The molecule has 108 valence electrons. The second kappa shape index (κ2) is 5.84. The second-order valence-corrected chi connectivity index (χ2v) is 5.24. The van der Waals surface area contributed by atoms with Crippen LogP contribution in [0.25, 0.3) is 0 Å². The van der Waals surface area contributed by atoms with Crippen LogP contribution in [-0.4, -0.2) is 12.7 Å². The molecule has 0 atom stereocenters. The van der Waals surface area contributed by atoms with Gasteiger partial charge in [-0.05, 0) is 18.2 Å². The van der Waals surface area contributed by atoms with Gasteiger partial charge in [0.25, 0.3) is 5.91 Å². The third kappa shape index (κ3) is 2.77. The van der Waals surface area contributed by atoms with Crippen LogP contribution in [0.1, 0.15) is 15.9 Å². The molecule has 0 saturated carbocycles. The summed E-state index contributed by atoms with van der Waals surface area (Å²) in [6.45, 7) is 0.490. The molecule has 1 heterocycles. The van der Waals surface area contributed by atoms with Gasteiger partial charge in [0.1, 0.15) is 0 Å². The Morgan fingerprint density at radius 1 is 1.10 bits per heavy atom. The minimum Gasteiger partial charge on any atom is -0.454 e. The highest BCUT2D eigenvalue weighted by Gasteiger charge is 2.19. The summed E-state index contributed by atoms with van der Waals surface area (Å²) in [4.78, 5) is 12.2. The number of ether oxygens (including phenoxy) is 2. The number of carbonyl (C=O) groups excluding carboxylic acids is 1. The van der Waals surface area contributed by atoms with Crippen molar-refractivity contribution in [2.45, 2.75) is 6.54 Å². The molecule has 0 aliphatic carbocycles. The second-order valence-electron chi connectivity index (χ2n) is 4.43. The van der Waals surface area contributed by atoms with E-state index in [2.05, 4.69) is 5.32 Å². The first-order chi connectivity index (χ1) is 10.2. The predicted octanol–water partition coefficient (Wildman–Crippen LogP) is 3.65. The van der Waals surface area contributed by atoms with Crippen LogP contribution in [0.15, 0.2) is 36.4 Å². The number of fused-ring (bicyclic) bond motifs is 1. The number of rotatable bonds is 3. The lowest BCUT2D eigenvalue weighted by molar-refractivity contribution is 0.0951. The molecule has 0 spiro atoms. The van der Waals surface area contributed by atoms with Crippen molar-refractivity contribution in [1.82, 2.24) is 5.32 Å². The summed E-state index contributed by atoms with van der Waals surface area (Å²) in [6.07, 6.45) is 0. The van der Waals surface area contributed by atoms with Gasteiger partial charge in [-0.15, -0.1) is 0 Å². The van der Waals surface area contributed by atoms with E-state index >= 15 is 0 Å². The molecule has 1 aliphatic heterocycles. The van der Waals surface area contributed by atoms with Crippen molar-refractivity contribution in [2.24, 2.45) is 0 Å². The summed E-state index contributed by atoms with van der Waals surface area (Å²) in [5.74, 6) is 1.00. The van der Waals surface area contributed by atoms with E-state index in [0.29, 0.717) is 28.1 Å². The van der Waals surface area contributed by atoms with Crippen LogP contribution < -0.4 is 14.8 Å². The van der Waals surface area contributed by atoms with Crippen molar-refractivity contribution >= 4 is 29.1 Å². The zero-order valence-corrected chi connectivity index (χ0v) is 12.4. The molecule has 3 rings (SSSR count). The summed E-state index contributed by atoms with van der Waals surface area (Å²) >= 11 is 12.0. The largest absolute Gasteiger partial charge is 0.454 e. The Morgan fingerprint density at radius 3 is 2.57 bits per heavy atom. The van der Waals surface area contributed by atoms with Crippen molar-refractivity contribution in [3.63, 3.8) is 0 Å². The topological polar surface area (TPSA) is 47.6 Å². The summed E-state index contributed by atoms with van der Waals surface area (Å²) in [7, 11) is 0. The van der Waals surface area contributed by atoms with E-state index in [4.69, 9.17) is 32.7 Å². The highest BCUT2D eigenvalue weighted by Crippen LogP contribution is 2.35.